The molecule has 6 nitrogen and oxygen atoms in total. The number of phenolic OH excluding ortho intramolecular Hbond substituents is 1. The van der Waals surface area contributed by atoms with E-state index < -0.39 is 5.97 Å². The van der Waals surface area contributed by atoms with Gasteiger partial charge in [-0.2, -0.15) is 0 Å². The van der Waals surface area contributed by atoms with Gasteiger partial charge in [0.05, 0.1) is 25.2 Å². The van der Waals surface area contributed by atoms with Crippen molar-refractivity contribution in [3.63, 3.8) is 0 Å². The summed E-state index contributed by atoms with van der Waals surface area (Å²) >= 11 is 1.52. The number of carboxylic acids is 1. The smallest absolute Gasteiger partial charge is 0.307 e. The van der Waals surface area contributed by atoms with Crippen LogP contribution in [0.4, 0.5) is 0 Å². The molecule has 0 aliphatic rings. The van der Waals surface area contributed by atoms with E-state index in [1.165, 1.54) is 18.7 Å². The van der Waals surface area contributed by atoms with Gasteiger partial charge in [-0.05, 0) is 61.4 Å². The van der Waals surface area contributed by atoms with Gasteiger partial charge in [0.2, 0.25) is 0 Å². The average Bonchev–Trinajstić information content (AvgIpc) is 2.82. The molecule has 2 N–H and O–H groups in total. The highest BCUT2D eigenvalue weighted by Crippen LogP contribution is 2.33. The van der Waals surface area contributed by atoms with Crippen LogP contribution >= 0.6 is 11.8 Å². The second-order valence-corrected chi connectivity index (χ2v) is 9.16. The van der Waals surface area contributed by atoms with Gasteiger partial charge in [0.25, 0.3) is 0 Å². The number of ketones is 1. The van der Waals surface area contributed by atoms with E-state index in [1.54, 1.807) is 12.1 Å². The molecule has 0 aliphatic carbocycles. The summed E-state index contributed by atoms with van der Waals surface area (Å²) in [5, 5.41) is 19.5. The molecule has 0 amide bonds. The van der Waals surface area contributed by atoms with E-state index in [-0.39, 0.29) is 18.0 Å². The summed E-state index contributed by atoms with van der Waals surface area (Å²) in [7, 11) is 0. The molecule has 184 valence electrons. The minimum absolute atomic E-state index is 0.00708. The van der Waals surface area contributed by atoms with Crippen LogP contribution in [0.3, 0.4) is 0 Å². The number of hydrogen-bond donors (Lipinski definition) is 2. The van der Waals surface area contributed by atoms with Crippen LogP contribution in [0, 0.1) is 0 Å². The molecule has 3 rings (SSSR count). The highest BCUT2D eigenvalue weighted by Gasteiger charge is 2.16. The summed E-state index contributed by atoms with van der Waals surface area (Å²) in [4.78, 5) is 24.7. The van der Waals surface area contributed by atoms with Crippen LogP contribution in [0.2, 0.25) is 0 Å². The highest BCUT2D eigenvalue weighted by molar-refractivity contribution is 7.99. The van der Waals surface area contributed by atoms with Crippen molar-refractivity contribution in [1.29, 1.82) is 0 Å². The number of aromatic hydroxyl groups is 1. The van der Waals surface area contributed by atoms with Crippen LogP contribution in [-0.2, 0) is 17.6 Å². The standard InChI is InChI=1S/C28H30O6S/c1-3-7-24-25(15-14-23(19(2)29)28(24)32)34-17-6-16-33-21-10-12-22(13-11-21)35-26-9-5-4-8-20(26)18-27(30)31/h4-5,8-15,32H,3,6-7,16-18H2,1-2H3,(H,30,31). The Hall–Kier alpha value is -3.45. The number of phenols is 1. The van der Waals surface area contributed by atoms with Crippen molar-refractivity contribution in [3.8, 4) is 17.2 Å². The lowest BCUT2D eigenvalue weighted by atomic mass is 10.0. The zero-order valence-corrected chi connectivity index (χ0v) is 20.8. The highest BCUT2D eigenvalue weighted by atomic mass is 32.2. The molecule has 0 radical (unpaired) electrons. The maximum atomic E-state index is 11.7. The van der Waals surface area contributed by atoms with Crippen molar-refractivity contribution in [2.75, 3.05) is 13.2 Å². The van der Waals surface area contributed by atoms with Gasteiger partial charge >= 0.3 is 5.97 Å². The lowest BCUT2D eigenvalue weighted by Crippen LogP contribution is -2.07. The van der Waals surface area contributed by atoms with Crippen LogP contribution in [-0.4, -0.2) is 35.2 Å². The number of Topliss-reactive ketones (excluding diaryl/α,β-unsaturated/α-hetero) is 1. The molecule has 0 bridgehead atoms. The van der Waals surface area contributed by atoms with Crippen molar-refractivity contribution in [1.82, 2.24) is 0 Å². The molecule has 0 saturated carbocycles. The molecule has 0 spiro atoms. The van der Waals surface area contributed by atoms with Gasteiger partial charge in [-0.3, -0.25) is 9.59 Å². The van der Waals surface area contributed by atoms with Crippen molar-refractivity contribution >= 4 is 23.5 Å². The molecule has 0 heterocycles. The van der Waals surface area contributed by atoms with Gasteiger partial charge in [-0.1, -0.05) is 43.3 Å². The SMILES string of the molecule is CCCc1c(OCCCOc2ccc(Sc3ccccc3CC(=O)O)cc2)ccc(C(C)=O)c1O. The van der Waals surface area contributed by atoms with Crippen molar-refractivity contribution in [3.05, 3.63) is 77.4 Å². The minimum Gasteiger partial charge on any atom is -0.507 e. The first-order chi connectivity index (χ1) is 16.9. The molecule has 0 aliphatic heterocycles. The van der Waals surface area contributed by atoms with Crippen LogP contribution in [0.5, 0.6) is 17.2 Å². The number of hydrogen-bond acceptors (Lipinski definition) is 6. The van der Waals surface area contributed by atoms with Gasteiger partial charge in [-0.15, -0.1) is 0 Å². The first-order valence-electron chi connectivity index (χ1n) is 11.6. The number of carbonyl (C=O) groups excluding carboxylic acids is 1. The molecule has 35 heavy (non-hydrogen) atoms. The molecule has 0 saturated heterocycles. The third-order valence-corrected chi connectivity index (χ3v) is 6.43. The van der Waals surface area contributed by atoms with Gasteiger partial charge in [0.1, 0.15) is 17.2 Å². The van der Waals surface area contributed by atoms with E-state index >= 15 is 0 Å². The van der Waals surface area contributed by atoms with E-state index in [0.29, 0.717) is 42.9 Å². The summed E-state index contributed by atoms with van der Waals surface area (Å²) in [5.41, 5.74) is 1.77. The molecule has 0 atom stereocenters. The zero-order valence-electron chi connectivity index (χ0n) is 20.0. The quantitative estimate of drug-likeness (QED) is 0.217. The Labute approximate surface area is 209 Å². The summed E-state index contributed by atoms with van der Waals surface area (Å²) in [6, 6.07) is 18.5. The fourth-order valence-corrected chi connectivity index (χ4v) is 4.55. The normalized spacial score (nSPS) is 10.7. The molecule has 0 unspecified atom stereocenters. The largest absolute Gasteiger partial charge is 0.507 e. The third-order valence-electron chi connectivity index (χ3n) is 5.30. The Kier molecular flexibility index (Phi) is 9.61. The van der Waals surface area contributed by atoms with Crippen LogP contribution in [0.15, 0.2) is 70.5 Å². The predicted molar refractivity (Wildman–Crippen MR) is 136 cm³/mol. The maximum Gasteiger partial charge on any atom is 0.307 e. The Balaban J connectivity index is 1.50. The molecule has 0 fully saturated rings. The zero-order chi connectivity index (χ0) is 25.2. The molecule has 0 aromatic heterocycles. The van der Waals surface area contributed by atoms with E-state index in [4.69, 9.17) is 14.6 Å². The number of carbonyl (C=O) groups is 2. The van der Waals surface area contributed by atoms with E-state index in [1.807, 2.05) is 55.5 Å². The van der Waals surface area contributed by atoms with Gasteiger partial charge in [0, 0.05) is 21.8 Å². The second-order valence-electron chi connectivity index (χ2n) is 8.05. The number of ether oxygens (including phenoxy) is 2. The lowest BCUT2D eigenvalue weighted by molar-refractivity contribution is -0.136. The lowest BCUT2D eigenvalue weighted by Gasteiger charge is -2.15. The Morgan fingerprint density at radius 3 is 2.34 bits per heavy atom. The number of rotatable bonds is 13. The summed E-state index contributed by atoms with van der Waals surface area (Å²) in [5.74, 6) is 0.324. The number of carboxylic acid groups (broad SMARTS) is 1. The predicted octanol–water partition coefficient (Wildman–Crippen LogP) is 6.17. The fraction of sp³-hybridized carbons (Fsp3) is 0.286. The first kappa shape index (κ1) is 26.2. The Morgan fingerprint density at radius 1 is 0.943 bits per heavy atom. The first-order valence-corrected chi connectivity index (χ1v) is 12.4. The number of aliphatic carboxylic acids is 1. The maximum absolute atomic E-state index is 11.7. The van der Waals surface area contributed by atoms with Crippen LogP contribution < -0.4 is 9.47 Å². The van der Waals surface area contributed by atoms with E-state index in [2.05, 4.69) is 0 Å². The molecule has 7 heteroatoms. The van der Waals surface area contributed by atoms with Crippen LogP contribution in [0.25, 0.3) is 0 Å². The Morgan fingerprint density at radius 2 is 1.66 bits per heavy atom. The second kappa shape index (κ2) is 12.9. The van der Waals surface area contributed by atoms with Gasteiger partial charge < -0.3 is 19.7 Å². The molecule has 3 aromatic carbocycles. The third kappa shape index (κ3) is 7.52. The van der Waals surface area contributed by atoms with Gasteiger partial charge in [-0.25, -0.2) is 0 Å². The molecule has 3 aromatic rings. The van der Waals surface area contributed by atoms with E-state index in [0.717, 1.165) is 27.5 Å². The Bertz CT molecular complexity index is 1160. The van der Waals surface area contributed by atoms with Crippen molar-refractivity contribution < 1.29 is 29.3 Å². The minimum atomic E-state index is -0.850. The van der Waals surface area contributed by atoms with E-state index in [9.17, 15) is 14.7 Å². The average molecular weight is 495 g/mol. The summed E-state index contributed by atoms with van der Waals surface area (Å²) < 4.78 is 11.7. The van der Waals surface area contributed by atoms with Crippen LogP contribution in [0.1, 0.15) is 48.2 Å². The molecular weight excluding hydrogens is 464 g/mol. The summed E-state index contributed by atoms with van der Waals surface area (Å²) in [6.45, 7) is 4.33. The topological polar surface area (TPSA) is 93.1 Å². The molecular formula is C28H30O6S. The van der Waals surface area contributed by atoms with Gasteiger partial charge in [0.15, 0.2) is 5.78 Å². The monoisotopic (exact) mass is 494 g/mol. The van der Waals surface area contributed by atoms with Crippen molar-refractivity contribution in [2.45, 2.75) is 49.3 Å². The fourth-order valence-electron chi connectivity index (χ4n) is 3.60. The number of benzene rings is 3. The summed E-state index contributed by atoms with van der Waals surface area (Å²) in [6.07, 6.45) is 2.10. The van der Waals surface area contributed by atoms with Crippen molar-refractivity contribution in [2.24, 2.45) is 0 Å².